The number of rotatable bonds is 3. The van der Waals surface area contributed by atoms with Gasteiger partial charge in [0.25, 0.3) is 10.1 Å². The van der Waals surface area contributed by atoms with Gasteiger partial charge in [0.2, 0.25) is 0 Å². The minimum atomic E-state index is -4.43. The van der Waals surface area contributed by atoms with Crippen molar-refractivity contribution in [2.24, 2.45) is 10.2 Å². The molecular formula is C16H13ClN3NaO3S. The molecule has 0 spiro atoms. The second-order valence-corrected chi connectivity index (χ2v) is 6.83. The maximum atomic E-state index is 11.6. The number of hydrogen-bond acceptors (Lipinski definition) is 5. The minimum absolute atomic E-state index is 0. The monoisotopic (exact) mass is 385 g/mol. The van der Waals surface area contributed by atoms with Gasteiger partial charge in [0.05, 0.1) is 11.4 Å². The molecule has 0 amide bonds. The third kappa shape index (κ3) is 4.38. The molecule has 0 unspecified atom stereocenters. The van der Waals surface area contributed by atoms with Gasteiger partial charge in [0.1, 0.15) is 10.6 Å². The van der Waals surface area contributed by atoms with Crippen LogP contribution in [0, 0.1) is 0 Å². The first kappa shape index (κ1) is 19.8. The van der Waals surface area contributed by atoms with Crippen LogP contribution < -0.4 is 5.73 Å². The zero-order valence-corrected chi connectivity index (χ0v) is 13.8. The summed E-state index contributed by atoms with van der Waals surface area (Å²) in [5.74, 6) is 0. The van der Waals surface area contributed by atoms with Crippen molar-refractivity contribution in [3.8, 4) is 0 Å². The average Bonchev–Trinajstić information content (AvgIpc) is 2.55. The summed E-state index contributed by atoms with van der Waals surface area (Å²) in [5, 5.41) is 9.38. The molecule has 25 heavy (non-hydrogen) atoms. The predicted octanol–water partition coefficient (Wildman–Crippen LogP) is 4.09. The average molecular weight is 386 g/mol. The van der Waals surface area contributed by atoms with E-state index in [1.165, 1.54) is 6.07 Å². The Kier molecular flexibility index (Phi) is 6.21. The zero-order chi connectivity index (χ0) is 17.3. The quantitative estimate of drug-likeness (QED) is 0.306. The van der Waals surface area contributed by atoms with Crippen LogP contribution in [0.3, 0.4) is 0 Å². The van der Waals surface area contributed by atoms with E-state index in [1.807, 2.05) is 0 Å². The summed E-state index contributed by atoms with van der Waals surface area (Å²) in [6, 6.07) is 14.4. The van der Waals surface area contributed by atoms with E-state index < -0.39 is 10.1 Å². The molecule has 0 saturated heterocycles. The molecule has 0 aliphatic rings. The molecule has 3 aromatic rings. The van der Waals surface area contributed by atoms with Crippen molar-refractivity contribution in [1.82, 2.24) is 0 Å². The standard InChI is InChI=1S/C16H12ClN3O3S.Na.H/c17-10-5-7-11(8-6-10)19-20-14-9-15(24(21,22)23)12-3-1-2-4-13(12)16(14)18;;/h1-9H,18H2,(H,21,22,23);;/b20-19+;;. The fourth-order valence-electron chi connectivity index (χ4n) is 2.27. The van der Waals surface area contributed by atoms with Crippen LogP contribution in [0.15, 0.2) is 69.7 Å². The fraction of sp³-hybridized carbons (Fsp3) is 0. The molecule has 0 bridgehead atoms. The molecule has 6 nitrogen and oxygen atoms in total. The fourth-order valence-corrected chi connectivity index (χ4v) is 3.11. The molecule has 0 heterocycles. The van der Waals surface area contributed by atoms with Crippen molar-refractivity contribution in [2.75, 3.05) is 5.73 Å². The van der Waals surface area contributed by atoms with E-state index in [4.69, 9.17) is 17.3 Å². The predicted molar refractivity (Wildman–Crippen MR) is 101 cm³/mol. The summed E-state index contributed by atoms with van der Waals surface area (Å²) in [6.07, 6.45) is 0. The molecule has 0 aliphatic carbocycles. The van der Waals surface area contributed by atoms with E-state index in [-0.39, 0.29) is 45.8 Å². The summed E-state index contributed by atoms with van der Waals surface area (Å²) >= 11 is 5.80. The van der Waals surface area contributed by atoms with Crippen LogP contribution in [0.4, 0.5) is 17.1 Å². The third-order valence-electron chi connectivity index (χ3n) is 3.40. The van der Waals surface area contributed by atoms with Crippen molar-refractivity contribution in [3.05, 3.63) is 59.6 Å². The second kappa shape index (κ2) is 7.82. The Morgan fingerprint density at radius 1 is 0.960 bits per heavy atom. The molecule has 0 aromatic heterocycles. The van der Waals surface area contributed by atoms with Crippen molar-refractivity contribution < 1.29 is 13.0 Å². The van der Waals surface area contributed by atoms with Crippen LogP contribution in [0.25, 0.3) is 10.8 Å². The number of nitrogen functional groups attached to an aromatic ring is 1. The van der Waals surface area contributed by atoms with E-state index in [9.17, 15) is 13.0 Å². The van der Waals surface area contributed by atoms with Gasteiger partial charge in [0.15, 0.2) is 0 Å². The molecule has 0 radical (unpaired) electrons. The SMILES string of the molecule is Nc1c(/N=N/c2ccc(Cl)cc2)cc(S(=O)(=O)O)c2ccccc12.[NaH]. The van der Waals surface area contributed by atoms with E-state index in [1.54, 1.807) is 48.5 Å². The van der Waals surface area contributed by atoms with E-state index >= 15 is 0 Å². The van der Waals surface area contributed by atoms with Crippen LogP contribution in [-0.4, -0.2) is 42.5 Å². The second-order valence-electron chi connectivity index (χ2n) is 5.00. The normalized spacial score (nSPS) is 11.6. The van der Waals surface area contributed by atoms with Crippen molar-refractivity contribution in [1.29, 1.82) is 0 Å². The zero-order valence-electron chi connectivity index (χ0n) is 12.2. The summed E-state index contributed by atoms with van der Waals surface area (Å²) in [5.41, 5.74) is 7.02. The Labute approximate surface area is 171 Å². The summed E-state index contributed by atoms with van der Waals surface area (Å²) < 4.78 is 32.8. The Balaban J connectivity index is 0.00000225. The van der Waals surface area contributed by atoms with Crippen molar-refractivity contribution in [2.45, 2.75) is 4.90 Å². The van der Waals surface area contributed by atoms with Gasteiger partial charge in [-0.1, -0.05) is 35.9 Å². The van der Waals surface area contributed by atoms with Gasteiger partial charge < -0.3 is 5.73 Å². The van der Waals surface area contributed by atoms with Gasteiger partial charge in [-0.05, 0) is 30.3 Å². The number of nitrogens with zero attached hydrogens (tertiary/aromatic N) is 2. The van der Waals surface area contributed by atoms with Gasteiger partial charge in [-0.2, -0.15) is 13.5 Å². The molecule has 3 N–H and O–H groups in total. The molecule has 9 heteroatoms. The molecule has 0 aliphatic heterocycles. The molecule has 0 saturated carbocycles. The summed E-state index contributed by atoms with van der Waals surface area (Å²) in [7, 11) is -4.43. The molecule has 0 fully saturated rings. The number of hydrogen-bond donors (Lipinski definition) is 2. The first-order chi connectivity index (χ1) is 11.4. The molecular weight excluding hydrogens is 373 g/mol. The van der Waals surface area contributed by atoms with Gasteiger partial charge in [0, 0.05) is 15.8 Å². The van der Waals surface area contributed by atoms with E-state index in [0.717, 1.165) is 0 Å². The van der Waals surface area contributed by atoms with Gasteiger partial charge in [-0.3, -0.25) is 4.55 Å². The van der Waals surface area contributed by atoms with E-state index in [2.05, 4.69) is 10.2 Å². The number of benzene rings is 3. The number of nitrogens with two attached hydrogens (primary N) is 1. The summed E-state index contributed by atoms with van der Waals surface area (Å²) in [4.78, 5) is -0.266. The number of anilines is 1. The number of fused-ring (bicyclic) bond motifs is 1. The van der Waals surface area contributed by atoms with E-state index in [0.29, 0.717) is 21.5 Å². The Hall–Kier alpha value is -1.48. The van der Waals surface area contributed by atoms with Gasteiger partial charge in [-0.15, -0.1) is 5.11 Å². The van der Waals surface area contributed by atoms with Crippen LogP contribution in [0.1, 0.15) is 0 Å². The molecule has 3 rings (SSSR count). The van der Waals surface area contributed by atoms with Crippen molar-refractivity contribution in [3.63, 3.8) is 0 Å². The Morgan fingerprint density at radius 2 is 1.56 bits per heavy atom. The Morgan fingerprint density at radius 3 is 2.16 bits per heavy atom. The first-order valence-electron chi connectivity index (χ1n) is 6.82. The topological polar surface area (TPSA) is 105 Å². The summed E-state index contributed by atoms with van der Waals surface area (Å²) in [6.45, 7) is 0. The Bertz CT molecular complexity index is 1050. The number of azo groups is 1. The van der Waals surface area contributed by atoms with Crippen LogP contribution in [-0.2, 0) is 10.1 Å². The molecule has 0 atom stereocenters. The molecule has 124 valence electrons. The van der Waals surface area contributed by atoms with Crippen LogP contribution >= 0.6 is 11.6 Å². The van der Waals surface area contributed by atoms with Crippen molar-refractivity contribution >= 4 is 79.1 Å². The molecule has 3 aromatic carbocycles. The third-order valence-corrected chi connectivity index (χ3v) is 4.55. The van der Waals surface area contributed by atoms with Gasteiger partial charge in [-0.25, -0.2) is 0 Å². The van der Waals surface area contributed by atoms with Gasteiger partial charge >= 0.3 is 29.6 Å². The van der Waals surface area contributed by atoms with Crippen LogP contribution in [0.5, 0.6) is 0 Å². The first-order valence-corrected chi connectivity index (χ1v) is 8.64. The number of halogens is 1. The maximum absolute atomic E-state index is 11.6. The van der Waals surface area contributed by atoms with Crippen LogP contribution in [0.2, 0.25) is 5.02 Å².